The monoisotopic (exact) mass is 332 g/mol. The van der Waals surface area contributed by atoms with Crippen molar-refractivity contribution in [2.45, 2.75) is 36.8 Å². The second kappa shape index (κ2) is 8.15. The van der Waals surface area contributed by atoms with Crippen LogP contribution in [0, 0.1) is 0 Å². The Balaban J connectivity index is 2.22. The molecule has 0 aliphatic carbocycles. The van der Waals surface area contributed by atoms with Gasteiger partial charge in [-0.1, -0.05) is 6.42 Å². The predicted molar refractivity (Wildman–Crippen MR) is 81.1 cm³/mol. The van der Waals surface area contributed by atoms with E-state index < -0.39 is 0 Å². The zero-order chi connectivity index (χ0) is 13.4. The average molecular weight is 333 g/mol. The molecule has 1 aromatic rings. The van der Waals surface area contributed by atoms with Gasteiger partial charge in [0.25, 0.3) is 0 Å². The van der Waals surface area contributed by atoms with E-state index in [4.69, 9.17) is 0 Å². The Hall–Kier alpha value is -0.100. The van der Waals surface area contributed by atoms with E-state index in [0.717, 1.165) is 34.5 Å². The maximum atomic E-state index is 9.27. The molecular weight excluding hydrogens is 312 g/mol. The lowest BCUT2D eigenvalue weighted by atomic mass is 9.96. The fourth-order valence-corrected chi connectivity index (χ4v) is 3.03. The van der Waals surface area contributed by atoms with E-state index in [0.29, 0.717) is 0 Å². The van der Waals surface area contributed by atoms with Gasteiger partial charge in [0.05, 0.1) is 6.61 Å². The summed E-state index contributed by atoms with van der Waals surface area (Å²) in [6.45, 7) is 2.23. The van der Waals surface area contributed by atoms with Gasteiger partial charge in [-0.25, -0.2) is 4.98 Å². The van der Waals surface area contributed by atoms with Crippen LogP contribution in [0.1, 0.15) is 26.2 Å². The quantitative estimate of drug-likeness (QED) is 0.567. The van der Waals surface area contributed by atoms with Gasteiger partial charge in [0, 0.05) is 16.2 Å². The van der Waals surface area contributed by atoms with Crippen molar-refractivity contribution in [3.05, 3.63) is 22.8 Å². The highest BCUT2D eigenvalue weighted by atomic mass is 79.9. The highest BCUT2D eigenvalue weighted by Gasteiger charge is 2.19. The van der Waals surface area contributed by atoms with Crippen LogP contribution < -0.4 is 5.32 Å². The molecule has 1 aromatic heterocycles. The third-order valence-electron chi connectivity index (χ3n) is 3.04. The minimum absolute atomic E-state index is 0.143. The number of nitrogens with zero attached hydrogens (tertiary/aromatic N) is 1. The fraction of sp³-hybridized carbons (Fsp3) is 0.615. The lowest BCUT2D eigenvalue weighted by molar-refractivity contribution is 0.171. The van der Waals surface area contributed by atoms with Crippen LogP contribution >= 0.6 is 27.7 Å². The van der Waals surface area contributed by atoms with Crippen molar-refractivity contribution < 1.29 is 5.11 Å². The summed E-state index contributed by atoms with van der Waals surface area (Å²) in [6.07, 6.45) is 5.04. The first kappa shape index (κ1) is 16.0. The van der Waals surface area contributed by atoms with E-state index in [-0.39, 0.29) is 12.1 Å². The van der Waals surface area contributed by atoms with E-state index in [2.05, 4.69) is 33.2 Å². The number of hydrogen-bond donors (Lipinski definition) is 2. The number of aliphatic hydroxyl groups excluding tert-OH is 1. The van der Waals surface area contributed by atoms with Gasteiger partial charge in [0.1, 0.15) is 5.03 Å². The number of thioether (sulfide) groups is 1. The van der Waals surface area contributed by atoms with Crippen LogP contribution in [0.2, 0.25) is 0 Å². The van der Waals surface area contributed by atoms with Crippen LogP contribution in [0.4, 0.5) is 0 Å². The van der Waals surface area contributed by atoms with Gasteiger partial charge >= 0.3 is 0 Å². The maximum absolute atomic E-state index is 9.27. The molecule has 0 saturated carbocycles. The van der Waals surface area contributed by atoms with E-state index in [1.165, 1.54) is 0 Å². The summed E-state index contributed by atoms with van der Waals surface area (Å²) in [6, 6.07) is 3.94. The zero-order valence-corrected chi connectivity index (χ0v) is 13.4. The molecule has 0 bridgehead atoms. The molecule has 0 aromatic carbocycles. The molecule has 2 N–H and O–H groups in total. The molecule has 1 unspecified atom stereocenters. The van der Waals surface area contributed by atoms with Crippen LogP contribution in [0.5, 0.6) is 0 Å². The highest BCUT2D eigenvalue weighted by molar-refractivity contribution is 9.10. The Morgan fingerprint density at radius 2 is 2.28 bits per heavy atom. The number of hydrogen-bond acceptors (Lipinski definition) is 4. The number of nitrogens with one attached hydrogen (secondary N) is 1. The first-order chi connectivity index (χ1) is 8.61. The number of halogens is 1. The Bertz CT molecular complexity index is 359. The smallest absolute Gasteiger partial charge is 0.110 e. The Labute approximate surface area is 122 Å². The molecule has 0 saturated heterocycles. The van der Waals surface area contributed by atoms with Gasteiger partial charge < -0.3 is 10.4 Å². The molecule has 0 aliphatic rings. The van der Waals surface area contributed by atoms with Crippen LogP contribution in [0.3, 0.4) is 0 Å². The molecule has 1 heterocycles. The van der Waals surface area contributed by atoms with Crippen LogP contribution in [0.15, 0.2) is 27.8 Å². The maximum Gasteiger partial charge on any atom is 0.110 e. The summed E-state index contributed by atoms with van der Waals surface area (Å²) >= 11 is 5.27. The number of aliphatic hydroxyl groups is 1. The summed E-state index contributed by atoms with van der Waals surface area (Å²) in [5.41, 5.74) is -0.143. The van der Waals surface area contributed by atoms with Crippen LogP contribution in [-0.4, -0.2) is 35.0 Å². The normalized spacial score (nSPS) is 14.4. The van der Waals surface area contributed by atoms with Gasteiger partial charge in [-0.15, -0.1) is 11.8 Å². The Morgan fingerprint density at radius 3 is 2.89 bits per heavy atom. The van der Waals surface area contributed by atoms with Crippen molar-refractivity contribution in [2.24, 2.45) is 0 Å². The summed E-state index contributed by atoms with van der Waals surface area (Å²) in [5, 5.41) is 13.5. The standard InChI is InChI=1S/C13H21BrN2OS/c1-13(10-17,15-2)7-3-4-9-18-12-11(14)6-5-8-16-12/h5-6,8,15,17H,3-4,7,9-10H2,1-2H3. The summed E-state index contributed by atoms with van der Waals surface area (Å²) in [4.78, 5) is 4.32. The van der Waals surface area contributed by atoms with Gasteiger partial charge in [0.2, 0.25) is 0 Å². The van der Waals surface area contributed by atoms with E-state index in [9.17, 15) is 5.11 Å². The number of rotatable bonds is 8. The first-order valence-electron chi connectivity index (χ1n) is 6.14. The van der Waals surface area contributed by atoms with Crippen molar-refractivity contribution in [1.82, 2.24) is 10.3 Å². The van der Waals surface area contributed by atoms with E-state index >= 15 is 0 Å². The van der Waals surface area contributed by atoms with Crippen LogP contribution in [0.25, 0.3) is 0 Å². The second-order valence-corrected chi connectivity index (χ2v) is 6.50. The average Bonchev–Trinajstić information content (AvgIpc) is 2.40. The number of pyridine rings is 1. The molecule has 5 heteroatoms. The van der Waals surface area contributed by atoms with E-state index in [1.807, 2.05) is 25.4 Å². The third-order valence-corrected chi connectivity index (χ3v) is 5.03. The van der Waals surface area contributed by atoms with Crippen molar-refractivity contribution in [2.75, 3.05) is 19.4 Å². The molecule has 1 atom stereocenters. The van der Waals surface area contributed by atoms with Gasteiger partial charge in [-0.05, 0) is 60.6 Å². The molecule has 0 radical (unpaired) electrons. The lowest BCUT2D eigenvalue weighted by Gasteiger charge is -2.26. The van der Waals surface area contributed by atoms with E-state index in [1.54, 1.807) is 11.8 Å². The fourth-order valence-electron chi connectivity index (χ4n) is 1.55. The number of likely N-dealkylation sites (N-methyl/N-ethyl adjacent to an activating group) is 1. The number of aromatic nitrogens is 1. The highest BCUT2D eigenvalue weighted by Crippen LogP contribution is 2.25. The summed E-state index contributed by atoms with van der Waals surface area (Å²) in [5.74, 6) is 1.06. The molecule has 18 heavy (non-hydrogen) atoms. The van der Waals surface area contributed by atoms with Crippen molar-refractivity contribution >= 4 is 27.7 Å². The topological polar surface area (TPSA) is 45.1 Å². The summed E-state index contributed by atoms with van der Waals surface area (Å²) < 4.78 is 1.06. The third kappa shape index (κ3) is 5.26. The molecule has 102 valence electrons. The van der Waals surface area contributed by atoms with Crippen molar-refractivity contribution in [3.63, 3.8) is 0 Å². The molecule has 0 amide bonds. The zero-order valence-electron chi connectivity index (χ0n) is 10.9. The predicted octanol–water partition coefficient (Wildman–Crippen LogP) is 3.08. The minimum Gasteiger partial charge on any atom is -0.394 e. The van der Waals surface area contributed by atoms with Gasteiger partial charge in [-0.3, -0.25) is 0 Å². The molecule has 0 aliphatic heterocycles. The lowest BCUT2D eigenvalue weighted by Crippen LogP contribution is -2.43. The summed E-state index contributed by atoms with van der Waals surface area (Å²) in [7, 11) is 1.90. The largest absolute Gasteiger partial charge is 0.394 e. The van der Waals surface area contributed by atoms with Crippen molar-refractivity contribution in [1.29, 1.82) is 0 Å². The molecular formula is C13H21BrN2OS. The Kier molecular flexibility index (Phi) is 7.22. The van der Waals surface area contributed by atoms with Gasteiger partial charge in [-0.2, -0.15) is 0 Å². The van der Waals surface area contributed by atoms with Gasteiger partial charge in [0.15, 0.2) is 0 Å². The molecule has 1 rings (SSSR count). The minimum atomic E-state index is -0.143. The molecule has 0 spiro atoms. The SMILES string of the molecule is CNC(C)(CO)CCCCSc1ncccc1Br. The first-order valence-corrected chi connectivity index (χ1v) is 7.92. The van der Waals surface area contributed by atoms with Crippen LogP contribution in [-0.2, 0) is 0 Å². The van der Waals surface area contributed by atoms with Crippen molar-refractivity contribution in [3.8, 4) is 0 Å². The Morgan fingerprint density at radius 1 is 1.50 bits per heavy atom. The number of unbranched alkanes of at least 4 members (excludes halogenated alkanes) is 1. The molecule has 0 fully saturated rings. The molecule has 3 nitrogen and oxygen atoms in total. The second-order valence-electron chi connectivity index (χ2n) is 4.56.